The minimum atomic E-state index is -0.352. The number of hydrogen-bond donors (Lipinski definition) is 1. The molecule has 0 radical (unpaired) electrons. The Kier molecular flexibility index (Phi) is 2.68. The molecule has 0 heterocycles. The van der Waals surface area contributed by atoms with Crippen LogP contribution in [0.15, 0.2) is 24.3 Å². The van der Waals surface area contributed by atoms with Crippen molar-refractivity contribution in [3.63, 3.8) is 0 Å². The van der Waals surface area contributed by atoms with E-state index in [-0.39, 0.29) is 22.1 Å². The van der Waals surface area contributed by atoms with Crippen molar-refractivity contribution in [2.75, 3.05) is 0 Å². The van der Waals surface area contributed by atoms with Crippen LogP contribution in [0.2, 0.25) is 0 Å². The number of non-ortho nitro benzene ring substituents is 1. The van der Waals surface area contributed by atoms with Gasteiger partial charge in [-0.15, -0.1) is 0 Å². The van der Waals surface area contributed by atoms with Gasteiger partial charge in [0, 0.05) is 18.2 Å². The van der Waals surface area contributed by atoms with Crippen LogP contribution in [0.25, 0.3) is 0 Å². The van der Waals surface area contributed by atoms with Crippen LogP contribution in [0.5, 0.6) is 0 Å². The van der Waals surface area contributed by atoms with Crippen molar-refractivity contribution in [3.8, 4) is 0 Å². The van der Waals surface area contributed by atoms with Crippen molar-refractivity contribution in [2.24, 2.45) is 11.1 Å². The number of nitrogens with two attached hydrogens (primary N) is 1. The van der Waals surface area contributed by atoms with E-state index in [1.54, 1.807) is 12.1 Å². The van der Waals surface area contributed by atoms with E-state index in [9.17, 15) is 10.1 Å². The van der Waals surface area contributed by atoms with E-state index >= 15 is 0 Å². The number of rotatable bonds is 4. The molecule has 1 aromatic rings. The molecule has 0 amide bonds. The largest absolute Gasteiger partial charge is 0.327 e. The number of nitrogens with zero attached hydrogens (tertiary/aromatic N) is 1. The Bertz CT molecular complexity index is 411. The van der Waals surface area contributed by atoms with Crippen LogP contribution in [-0.2, 0) is 6.42 Å². The minimum absolute atomic E-state index is 0.159. The second kappa shape index (κ2) is 3.87. The fraction of sp³-hybridized carbons (Fsp3) is 0.500. The summed E-state index contributed by atoms with van der Waals surface area (Å²) < 4.78 is 0. The van der Waals surface area contributed by atoms with Crippen LogP contribution in [0.3, 0.4) is 0 Å². The van der Waals surface area contributed by atoms with Crippen molar-refractivity contribution in [2.45, 2.75) is 32.2 Å². The molecule has 1 aliphatic carbocycles. The maximum Gasteiger partial charge on any atom is 0.269 e. The minimum Gasteiger partial charge on any atom is -0.327 e. The molecule has 1 saturated carbocycles. The van der Waals surface area contributed by atoms with E-state index in [0.717, 1.165) is 24.8 Å². The van der Waals surface area contributed by atoms with Gasteiger partial charge in [0.25, 0.3) is 5.69 Å². The van der Waals surface area contributed by atoms with Gasteiger partial charge < -0.3 is 5.73 Å². The fourth-order valence-electron chi connectivity index (χ4n) is 2.14. The molecule has 4 nitrogen and oxygen atoms in total. The normalized spacial score (nSPS) is 19.1. The van der Waals surface area contributed by atoms with E-state index in [0.29, 0.717) is 0 Å². The van der Waals surface area contributed by atoms with Gasteiger partial charge in [0.2, 0.25) is 0 Å². The molecule has 2 N–H and O–H groups in total. The third-order valence-corrected chi connectivity index (χ3v) is 3.54. The molecule has 2 rings (SSSR count). The highest BCUT2D eigenvalue weighted by molar-refractivity contribution is 5.35. The summed E-state index contributed by atoms with van der Waals surface area (Å²) in [4.78, 5) is 10.3. The standard InChI is InChI=1S/C12H16N2O2/c1-9(13)12(5-6-12)8-10-3-2-4-11(7-10)14(15)16/h2-4,7,9H,5-6,8,13H2,1H3. The summed E-state index contributed by atoms with van der Waals surface area (Å²) in [6.45, 7) is 2.02. The lowest BCUT2D eigenvalue weighted by Gasteiger charge is -2.19. The summed E-state index contributed by atoms with van der Waals surface area (Å²) in [5.74, 6) is 0. The van der Waals surface area contributed by atoms with Gasteiger partial charge in [-0.1, -0.05) is 12.1 Å². The van der Waals surface area contributed by atoms with Crippen molar-refractivity contribution >= 4 is 5.69 Å². The summed E-state index contributed by atoms with van der Waals surface area (Å²) in [5.41, 5.74) is 7.32. The van der Waals surface area contributed by atoms with E-state index in [1.165, 1.54) is 6.07 Å². The number of nitro groups is 1. The van der Waals surface area contributed by atoms with Gasteiger partial charge in [-0.3, -0.25) is 10.1 Å². The average Bonchev–Trinajstić information content (AvgIpc) is 2.99. The molecule has 0 spiro atoms. The van der Waals surface area contributed by atoms with Gasteiger partial charge in [-0.25, -0.2) is 0 Å². The van der Waals surface area contributed by atoms with Crippen molar-refractivity contribution in [1.29, 1.82) is 0 Å². The molecular weight excluding hydrogens is 204 g/mol. The fourth-order valence-corrected chi connectivity index (χ4v) is 2.14. The molecule has 1 atom stereocenters. The van der Waals surface area contributed by atoms with Crippen molar-refractivity contribution < 1.29 is 4.92 Å². The molecule has 0 bridgehead atoms. The molecular formula is C12H16N2O2. The zero-order valence-electron chi connectivity index (χ0n) is 9.35. The Balaban J connectivity index is 2.16. The van der Waals surface area contributed by atoms with E-state index in [4.69, 9.17) is 5.73 Å². The monoisotopic (exact) mass is 220 g/mol. The Morgan fingerprint density at radius 3 is 2.75 bits per heavy atom. The van der Waals surface area contributed by atoms with Crippen LogP contribution in [-0.4, -0.2) is 11.0 Å². The van der Waals surface area contributed by atoms with E-state index in [1.807, 2.05) is 13.0 Å². The van der Waals surface area contributed by atoms with Gasteiger partial charge in [-0.2, -0.15) is 0 Å². The lowest BCUT2D eigenvalue weighted by Crippen LogP contribution is -2.29. The molecule has 4 heteroatoms. The third-order valence-electron chi connectivity index (χ3n) is 3.54. The molecule has 1 unspecified atom stereocenters. The first-order valence-electron chi connectivity index (χ1n) is 5.52. The molecule has 0 aromatic heterocycles. The van der Waals surface area contributed by atoms with Crippen molar-refractivity contribution in [3.05, 3.63) is 39.9 Å². The second-order valence-electron chi connectivity index (χ2n) is 4.75. The smallest absolute Gasteiger partial charge is 0.269 e. The maximum absolute atomic E-state index is 10.6. The van der Waals surface area contributed by atoms with Gasteiger partial charge >= 0.3 is 0 Å². The number of benzene rings is 1. The predicted octanol–water partition coefficient (Wildman–Crippen LogP) is 2.26. The zero-order chi connectivity index (χ0) is 11.8. The summed E-state index contributed by atoms with van der Waals surface area (Å²) in [5, 5.41) is 10.6. The highest BCUT2D eigenvalue weighted by atomic mass is 16.6. The van der Waals surface area contributed by atoms with Gasteiger partial charge in [-0.05, 0) is 37.2 Å². The van der Waals surface area contributed by atoms with E-state index in [2.05, 4.69) is 0 Å². The van der Waals surface area contributed by atoms with Gasteiger partial charge in [0.05, 0.1) is 4.92 Å². The second-order valence-corrected chi connectivity index (χ2v) is 4.75. The Hall–Kier alpha value is -1.42. The Labute approximate surface area is 94.6 Å². The first-order chi connectivity index (χ1) is 7.53. The van der Waals surface area contributed by atoms with Crippen LogP contribution < -0.4 is 5.73 Å². The van der Waals surface area contributed by atoms with Crippen molar-refractivity contribution in [1.82, 2.24) is 0 Å². The SMILES string of the molecule is CC(N)C1(Cc2cccc([N+](=O)[O-])c2)CC1. The summed E-state index contributed by atoms with van der Waals surface area (Å²) in [6, 6.07) is 7.02. The Morgan fingerprint density at radius 1 is 1.56 bits per heavy atom. The average molecular weight is 220 g/mol. The van der Waals surface area contributed by atoms with Crippen LogP contribution >= 0.6 is 0 Å². The quantitative estimate of drug-likeness (QED) is 0.625. The molecule has 1 aromatic carbocycles. The summed E-state index contributed by atoms with van der Waals surface area (Å²) in [6.07, 6.45) is 3.12. The summed E-state index contributed by atoms with van der Waals surface area (Å²) in [7, 11) is 0. The zero-order valence-corrected chi connectivity index (χ0v) is 9.35. The lowest BCUT2D eigenvalue weighted by molar-refractivity contribution is -0.384. The lowest BCUT2D eigenvalue weighted by atomic mass is 9.90. The maximum atomic E-state index is 10.6. The number of hydrogen-bond acceptors (Lipinski definition) is 3. The first-order valence-corrected chi connectivity index (χ1v) is 5.52. The highest BCUT2D eigenvalue weighted by Crippen LogP contribution is 2.50. The highest BCUT2D eigenvalue weighted by Gasteiger charge is 2.45. The van der Waals surface area contributed by atoms with Crippen LogP contribution in [0, 0.1) is 15.5 Å². The van der Waals surface area contributed by atoms with E-state index < -0.39 is 0 Å². The third kappa shape index (κ3) is 2.07. The number of nitro benzene ring substituents is 1. The molecule has 1 fully saturated rings. The molecule has 0 aliphatic heterocycles. The molecule has 1 aliphatic rings. The summed E-state index contributed by atoms with van der Waals surface area (Å²) >= 11 is 0. The molecule has 0 saturated heterocycles. The van der Waals surface area contributed by atoms with Gasteiger partial charge in [0.1, 0.15) is 0 Å². The molecule has 86 valence electrons. The topological polar surface area (TPSA) is 69.2 Å². The molecule has 16 heavy (non-hydrogen) atoms. The predicted molar refractivity (Wildman–Crippen MR) is 62.1 cm³/mol. The Morgan fingerprint density at radius 2 is 2.25 bits per heavy atom. The van der Waals surface area contributed by atoms with Gasteiger partial charge in [0.15, 0.2) is 0 Å². The van der Waals surface area contributed by atoms with Crippen LogP contribution in [0.4, 0.5) is 5.69 Å². The first kappa shape index (κ1) is 11.1. The van der Waals surface area contributed by atoms with Crippen LogP contribution in [0.1, 0.15) is 25.3 Å².